The van der Waals surface area contributed by atoms with Gasteiger partial charge < -0.3 is 0 Å². The standard InChI is InChI=1S/C21H26N3/c1-20(2,3)18-23-19(21(4,5)6)24(18)16-11-9-10-15(14-16)17-12-7-8-13-22-17/h7-14H,1-6H3/q+1. The van der Waals surface area contributed by atoms with Crippen molar-refractivity contribution in [3.8, 4) is 11.3 Å². The van der Waals surface area contributed by atoms with E-state index in [1.807, 2.05) is 24.4 Å². The molecule has 24 heavy (non-hydrogen) atoms. The van der Waals surface area contributed by atoms with Gasteiger partial charge >= 0.3 is 0 Å². The Morgan fingerprint density at radius 2 is 1.58 bits per heavy atom. The van der Waals surface area contributed by atoms with Crippen LogP contribution in [-0.2, 0) is 0 Å². The Kier molecular flexibility index (Phi) is 3.90. The van der Waals surface area contributed by atoms with Crippen LogP contribution in [0.15, 0.2) is 53.7 Å². The molecule has 0 saturated heterocycles. The Labute approximate surface area is 144 Å². The summed E-state index contributed by atoms with van der Waals surface area (Å²) in [4.78, 5) is 9.34. The van der Waals surface area contributed by atoms with Crippen molar-refractivity contribution >= 4 is 17.4 Å². The van der Waals surface area contributed by atoms with Gasteiger partial charge in [-0.05, 0) is 24.3 Å². The summed E-state index contributed by atoms with van der Waals surface area (Å²) in [5.41, 5.74) is 3.29. The summed E-state index contributed by atoms with van der Waals surface area (Å²) >= 11 is 0. The zero-order valence-electron chi connectivity index (χ0n) is 15.5. The van der Waals surface area contributed by atoms with E-state index < -0.39 is 0 Å². The number of nitrogens with zero attached hydrogens (tertiary/aromatic N) is 3. The first kappa shape index (κ1) is 16.6. The minimum atomic E-state index is 0.00967. The smallest absolute Gasteiger partial charge is 0.252 e. The van der Waals surface area contributed by atoms with Gasteiger partial charge in [-0.2, -0.15) is 4.58 Å². The number of hydrogen-bond acceptors (Lipinski definition) is 2. The highest BCUT2D eigenvalue weighted by Gasteiger charge is 2.43. The molecule has 1 aromatic heterocycles. The molecule has 0 atom stereocenters. The Morgan fingerprint density at radius 1 is 0.833 bits per heavy atom. The Hall–Kier alpha value is -2.29. The predicted molar refractivity (Wildman–Crippen MR) is 101 cm³/mol. The van der Waals surface area contributed by atoms with Gasteiger partial charge in [0.25, 0.3) is 11.7 Å². The highest BCUT2D eigenvalue weighted by atomic mass is 15.3. The summed E-state index contributed by atoms with van der Waals surface area (Å²) in [5, 5.41) is 0. The van der Waals surface area contributed by atoms with E-state index in [1.54, 1.807) is 0 Å². The van der Waals surface area contributed by atoms with Crippen molar-refractivity contribution in [1.29, 1.82) is 0 Å². The quantitative estimate of drug-likeness (QED) is 0.691. The van der Waals surface area contributed by atoms with E-state index in [1.165, 1.54) is 0 Å². The van der Waals surface area contributed by atoms with Crippen LogP contribution in [0.4, 0.5) is 5.69 Å². The van der Waals surface area contributed by atoms with Crippen LogP contribution in [0, 0.1) is 10.8 Å². The zero-order valence-corrected chi connectivity index (χ0v) is 15.5. The molecule has 0 unspecified atom stereocenters. The van der Waals surface area contributed by atoms with Gasteiger partial charge in [-0.3, -0.25) is 4.98 Å². The number of hydrogen-bond donors (Lipinski definition) is 0. The van der Waals surface area contributed by atoms with E-state index in [4.69, 9.17) is 4.99 Å². The fourth-order valence-corrected chi connectivity index (χ4v) is 2.84. The van der Waals surface area contributed by atoms with E-state index in [2.05, 4.69) is 75.4 Å². The molecule has 2 heterocycles. The summed E-state index contributed by atoms with van der Waals surface area (Å²) in [6.07, 6.45) is 1.83. The van der Waals surface area contributed by atoms with Crippen molar-refractivity contribution in [1.82, 2.24) is 4.98 Å². The lowest BCUT2D eigenvalue weighted by Gasteiger charge is -2.31. The highest BCUT2D eigenvalue weighted by molar-refractivity contribution is 6.06. The lowest BCUT2D eigenvalue weighted by molar-refractivity contribution is -0.338. The Balaban J connectivity index is 2.09. The normalized spacial score (nSPS) is 15.2. The van der Waals surface area contributed by atoms with Crippen LogP contribution in [-0.4, -0.2) is 21.2 Å². The molecule has 0 spiro atoms. The van der Waals surface area contributed by atoms with Crippen molar-refractivity contribution in [3.05, 3.63) is 48.7 Å². The van der Waals surface area contributed by atoms with Gasteiger partial charge in [-0.15, -0.1) is 0 Å². The van der Waals surface area contributed by atoms with E-state index in [-0.39, 0.29) is 10.8 Å². The molecule has 0 aliphatic carbocycles. The van der Waals surface area contributed by atoms with Crippen molar-refractivity contribution < 1.29 is 4.58 Å². The average molecular weight is 320 g/mol. The molecule has 3 heteroatoms. The first-order chi connectivity index (χ1) is 11.2. The predicted octanol–water partition coefficient (Wildman–Crippen LogP) is 5.30. The second kappa shape index (κ2) is 5.66. The molecule has 1 aliphatic heterocycles. The topological polar surface area (TPSA) is 28.3 Å². The Bertz CT molecular complexity index is 816. The second-order valence-corrected chi connectivity index (χ2v) is 8.36. The molecule has 1 aromatic carbocycles. The average Bonchev–Trinajstić information content (AvgIpc) is 2.44. The minimum absolute atomic E-state index is 0.00967. The molecule has 1 aliphatic rings. The number of aliphatic imine (C=N–C) groups is 1. The molecular weight excluding hydrogens is 294 g/mol. The molecule has 3 nitrogen and oxygen atoms in total. The van der Waals surface area contributed by atoms with Crippen molar-refractivity contribution in [2.75, 3.05) is 0 Å². The summed E-state index contributed by atoms with van der Waals surface area (Å²) in [7, 11) is 0. The van der Waals surface area contributed by atoms with Crippen LogP contribution in [0.5, 0.6) is 0 Å². The van der Waals surface area contributed by atoms with E-state index in [9.17, 15) is 0 Å². The fraction of sp³-hybridized carbons (Fsp3) is 0.381. The van der Waals surface area contributed by atoms with Crippen LogP contribution in [0.3, 0.4) is 0 Å². The number of pyridine rings is 1. The minimum Gasteiger partial charge on any atom is -0.256 e. The van der Waals surface area contributed by atoms with Gasteiger partial charge in [0.1, 0.15) is 5.69 Å². The van der Waals surface area contributed by atoms with Gasteiger partial charge in [0.15, 0.2) is 0 Å². The van der Waals surface area contributed by atoms with Crippen LogP contribution in [0.25, 0.3) is 11.3 Å². The van der Waals surface area contributed by atoms with Crippen LogP contribution in [0.2, 0.25) is 0 Å². The molecule has 0 radical (unpaired) electrons. The second-order valence-electron chi connectivity index (χ2n) is 8.36. The van der Waals surface area contributed by atoms with Gasteiger partial charge in [0.2, 0.25) is 0 Å². The lowest BCUT2D eigenvalue weighted by Crippen LogP contribution is -2.46. The highest BCUT2D eigenvalue weighted by Crippen LogP contribution is 2.34. The van der Waals surface area contributed by atoms with Crippen LogP contribution < -0.4 is 0 Å². The zero-order chi connectivity index (χ0) is 17.5. The van der Waals surface area contributed by atoms with Crippen LogP contribution >= 0.6 is 0 Å². The maximum absolute atomic E-state index is 4.87. The molecular formula is C21H26N3+. The van der Waals surface area contributed by atoms with Crippen molar-refractivity contribution in [2.45, 2.75) is 41.5 Å². The summed E-state index contributed by atoms with van der Waals surface area (Å²) in [6.45, 7) is 13.3. The maximum Gasteiger partial charge on any atom is 0.252 e. The van der Waals surface area contributed by atoms with Gasteiger partial charge in [0.05, 0.1) is 16.5 Å². The fourth-order valence-electron chi connectivity index (χ4n) is 2.84. The summed E-state index contributed by atoms with van der Waals surface area (Å²) in [6, 6.07) is 14.6. The first-order valence-electron chi connectivity index (χ1n) is 8.46. The molecule has 124 valence electrons. The van der Waals surface area contributed by atoms with Crippen molar-refractivity contribution in [3.63, 3.8) is 0 Å². The number of benzene rings is 1. The maximum atomic E-state index is 4.87. The van der Waals surface area contributed by atoms with Crippen molar-refractivity contribution in [2.24, 2.45) is 15.8 Å². The number of aromatic nitrogens is 1. The molecule has 0 bridgehead atoms. The first-order valence-corrected chi connectivity index (χ1v) is 8.46. The molecule has 2 aromatic rings. The van der Waals surface area contributed by atoms with E-state index >= 15 is 0 Å². The molecule has 0 saturated carbocycles. The lowest BCUT2D eigenvalue weighted by atomic mass is 9.87. The van der Waals surface area contributed by atoms with Gasteiger partial charge in [0, 0.05) is 11.8 Å². The third-order valence-corrected chi connectivity index (χ3v) is 4.04. The van der Waals surface area contributed by atoms with Crippen LogP contribution in [0.1, 0.15) is 41.5 Å². The molecule has 0 fully saturated rings. The SMILES string of the molecule is CC(C)(C)C1=NC(C(C)(C)C)=[N+]1c1cccc(-c2ccccn2)c1. The number of amidine groups is 2. The largest absolute Gasteiger partial charge is 0.256 e. The monoisotopic (exact) mass is 320 g/mol. The molecule has 3 rings (SSSR count). The Morgan fingerprint density at radius 3 is 2.17 bits per heavy atom. The third-order valence-electron chi connectivity index (χ3n) is 4.04. The van der Waals surface area contributed by atoms with E-state index in [0.717, 1.165) is 28.6 Å². The van der Waals surface area contributed by atoms with Gasteiger partial charge in [-0.1, -0.05) is 64.7 Å². The van der Waals surface area contributed by atoms with E-state index in [0.29, 0.717) is 0 Å². The summed E-state index contributed by atoms with van der Waals surface area (Å²) < 4.78 is 2.31. The molecule has 0 N–H and O–H groups in total. The summed E-state index contributed by atoms with van der Waals surface area (Å²) in [5.74, 6) is 2.23. The molecule has 0 amide bonds. The number of rotatable bonds is 2. The van der Waals surface area contributed by atoms with Gasteiger partial charge in [-0.25, -0.2) is 0 Å². The third kappa shape index (κ3) is 3.03.